The van der Waals surface area contributed by atoms with Crippen LogP contribution in [0.5, 0.6) is 17.2 Å². The highest BCUT2D eigenvalue weighted by molar-refractivity contribution is 8.18. The van der Waals surface area contributed by atoms with Crippen LogP contribution in [0.1, 0.15) is 15.9 Å². The first-order valence-electron chi connectivity index (χ1n) is 7.61. The van der Waals surface area contributed by atoms with Crippen molar-refractivity contribution in [1.82, 2.24) is 4.90 Å². The third kappa shape index (κ3) is 3.72. The first kappa shape index (κ1) is 18.3. The summed E-state index contributed by atoms with van der Waals surface area (Å²) in [5.74, 6) is -2.38. The van der Waals surface area contributed by atoms with Crippen molar-refractivity contribution >= 4 is 40.6 Å². The summed E-state index contributed by atoms with van der Waals surface area (Å²) in [6, 6.07) is 7.90. The average molecular weight is 386 g/mol. The van der Waals surface area contributed by atoms with Crippen molar-refractivity contribution in [3.05, 3.63) is 52.4 Å². The molecule has 9 heteroatoms. The van der Waals surface area contributed by atoms with E-state index in [1.165, 1.54) is 48.4 Å². The van der Waals surface area contributed by atoms with Gasteiger partial charge in [-0.05, 0) is 53.7 Å². The minimum atomic E-state index is -1.25. The SMILES string of the molecule is CN1C(=O)/C(=C/c2ccc(O)c(O)c2)SC1=Nc1ccc(O)cc1C(=O)O. The van der Waals surface area contributed by atoms with E-state index in [2.05, 4.69) is 4.99 Å². The van der Waals surface area contributed by atoms with Crippen molar-refractivity contribution in [2.45, 2.75) is 0 Å². The van der Waals surface area contributed by atoms with E-state index >= 15 is 0 Å². The lowest BCUT2D eigenvalue weighted by Crippen LogP contribution is -2.23. The highest BCUT2D eigenvalue weighted by Crippen LogP contribution is 2.35. The van der Waals surface area contributed by atoms with E-state index in [0.717, 1.165) is 17.8 Å². The molecule has 0 unspecified atom stereocenters. The van der Waals surface area contributed by atoms with E-state index < -0.39 is 5.97 Å². The summed E-state index contributed by atoms with van der Waals surface area (Å²) in [5.41, 5.74) is 0.419. The zero-order chi connectivity index (χ0) is 19.7. The number of amidine groups is 1. The number of aromatic hydroxyl groups is 3. The Labute approximate surface area is 157 Å². The Kier molecular flexibility index (Phi) is 4.78. The summed E-state index contributed by atoms with van der Waals surface area (Å²) in [4.78, 5) is 29.6. The van der Waals surface area contributed by atoms with Gasteiger partial charge in [-0.1, -0.05) is 6.07 Å². The topological polar surface area (TPSA) is 131 Å². The van der Waals surface area contributed by atoms with Gasteiger partial charge in [0.1, 0.15) is 5.75 Å². The Bertz CT molecular complexity index is 1010. The van der Waals surface area contributed by atoms with Gasteiger partial charge in [0, 0.05) is 7.05 Å². The summed E-state index contributed by atoms with van der Waals surface area (Å²) < 4.78 is 0. The fourth-order valence-corrected chi connectivity index (χ4v) is 3.31. The number of rotatable bonds is 3. The molecule has 1 heterocycles. The highest BCUT2D eigenvalue weighted by Gasteiger charge is 2.30. The minimum absolute atomic E-state index is 0.103. The van der Waals surface area contributed by atoms with E-state index in [4.69, 9.17) is 0 Å². The lowest BCUT2D eigenvalue weighted by Gasteiger charge is -2.08. The molecule has 1 fully saturated rings. The predicted molar refractivity (Wildman–Crippen MR) is 100 cm³/mol. The number of carboxylic acid groups (broad SMARTS) is 1. The maximum absolute atomic E-state index is 12.4. The zero-order valence-corrected chi connectivity index (χ0v) is 14.8. The molecular weight excluding hydrogens is 372 g/mol. The predicted octanol–water partition coefficient (Wildman–Crippen LogP) is 2.74. The van der Waals surface area contributed by atoms with Gasteiger partial charge >= 0.3 is 5.97 Å². The van der Waals surface area contributed by atoms with Gasteiger partial charge < -0.3 is 20.4 Å². The third-order valence-electron chi connectivity index (χ3n) is 3.73. The first-order valence-corrected chi connectivity index (χ1v) is 8.42. The fraction of sp³-hybridized carbons (Fsp3) is 0.0556. The Balaban J connectivity index is 1.97. The number of aliphatic imine (C=N–C) groups is 1. The van der Waals surface area contributed by atoms with Gasteiger partial charge in [0.2, 0.25) is 0 Å². The molecule has 1 aliphatic rings. The Hall–Kier alpha value is -3.46. The molecule has 27 heavy (non-hydrogen) atoms. The fourth-order valence-electron chi connectivity index (χ4n) is 2.33. The van der Waals surface area contributed by atoms with Gasteiger partial charge in [0.05, 0.1) is 16.2 Å². The number of likely N-dealkylation sites (N-methyl/N-ethyl adjacent to an activating group) is 1. The van der Waals surface area contributed by atoms with Crippen LogP contribution in [0.3, 0.4) is 0 Å². The number of benzene rings is 2. The van der Waals surface area contributed by atoms with E-state index in [1.54, 1.807) is 0 Å². The van der Waals surface area contributed by atoms with Gasteiger partial charge in [-0.2, -0.15) is 0 Å². The number of carbonyl (C=O) groups excluding carboxylic acids is 1. The van der Waals surface area contributed by atoms with Crippen LogP contribution in [-0.2, 0) is 4.79 Å². The third-order valence-corrected chi connectivity index (χ3v) is 4.79. The smallest absolute Gasteiger partial charge is 0.338 e. The second-order valence-corrected chi connectivity index (χ2v) is 6.63. The van der Waals surface area contributed by atoms with Crippen molar-refractivity contribution < 1.29 is 30.0 Å². The number of phenolic OH excluding ortho intramolecular Hbond substituents is 3. The number of carbonyl (C=O) groups is 2. The molecule has 0 saturated carbocycles. The van der Waals surface area contributed by atoms with Gasteiger partial charge in [-0.15, -0.1) is 0 Å². The number of aromatic carboxylic acids is 1. The van der Waals surface area contributed by atoms with E-state index in [1.807, 2.05) is 0 Å². The zero-order valence-electron chi connectivity index (χ0n) is 13.9. The number of phenols is 3. The molecule has 2 aromatic rings. The molecule has 0 radical (unpaired) electrons. The number of hydrogen-bond donors (Lipinski definition) is 4. The summed E-state index contributed by atoms with van der Waals surface area (Å²) in [6.07, 6.45) is 1.53. The van der Waals surface area contributed by atoms with Crippen LogP contribution in [0, 0.1) is 0 Å². The average Bonchev–Trinajstić information content (AvgIpc) is 2.87. The van der Waals surface area contributed by atoms with Gasteiger partial charge in [-0.25, -0.2) is 9.79 Å². The molecule has 0 bridgehead atoms. The standard InChI is InChI=1S/C18H14N2O6S/c1-20-16(24)15(7-9-2-5-13(22)14(23)6-9)27-18(20)19-12-4-3-10(21)8-11(12)17(25)26/h2-8,21-23H,1H3,(H,25,26)/b15-7-,19-18?. The number of thioether (sulfide) groups is 1. The highest BCUT2D eigenvalue weighted by atomic mass is 32.2. The minimum Gasteiger partial charge on any atom is -0.508 e. The molecule has 1 aliphatic heterocycles. The van der Waals surface area contributed by atoms with E-state index in [9.17, 15) is 30.0 Å². The quantitative estimate of drug-likeness (QED) is 0.471. The van der Waals surface area contributed by atoms with Crippen LogP contribution in [0.15, 0.2) is 46.3 Å². The van der Waals surface area contributed by atoms with Crippen LogP contribution in [0.4, 0.5) is 5.69 Å². The number of hydrogen-bond acceptors (Lipinski definition) is 7. The molecule has 0 aliphatic carbocycles. The Morgan fingerprint density at radius 2 is 1.85 bits per heavy atom. The second-order valence-electron chi connectivity index (χ2n) is 5.62. The lowest BCUT2D eigenvalue weighted by molar-refractivity contribution is -0.121. The van der Waals surface area contributed by atoms with Crippen LogP contribution in [0.25, 0.3) is 6.08 Å². The van der Waals surface area contributed by atoms with Gasteiger partial charge in [0.15, 0.2) is 16.7 Å². The maximum Gasteiger partial charge on any atom is 0.338 e. The molecule has 1 saturated heterocycles. The summed E-state index contributed by atoms with van der Waals surface area (Å²) in [6.45, 7) is 0. The molecule has 0 spiro atoms. The van der Waals surface area contributed by atoms with Crippen LogP contribution in [-0.4, -0.2) is 49.4 Å². The van der Waals surface area contributed by atoms with Gasteiger partial charge in [0.25, 0.3) is 5.91 Å². The number of amides is 1. The monoisotopic (exact) mass is 386 g/mol. The molecule has 0 atom stereocenters. The Morgan fingerprint density at radius 3 is 2.52 bits per heavy atom. The molecule has 3 rings (SSSR count). The van der Waals surface area contributed by atoms with Gasteiger partial charge in [-0.3, -0.25) is 9.69 Å². The molecule has 2 aromatic carbocycles. The second kappa shape index (κ2) is 7.04. The largest absolute Gasteiger partial charge is 0.508 e. The van der Waals surface area contributed by atoms with Crippen LogP contribution >= 0.6 is 11.8 Å². The van der Waals surface area contributed by atoms with E-state index in [-0.39, 0.29) is 39.6 Å². The maximum atomic E-state index is 12.4. The number of carboxylic acids is 1. The normalized spacial score (nSPS) is 17.1. The molecule has 1 amide bonds. The van der Waals surface area contributed by atoms with E-state index in [0.29, 0.717) is 10.5 Å². The first-order chi connectivity index (χ1) is 12.8. The molecule has 8 nitrogen and oxygen atoms in total. The van der Waals surface area contributed by atoms with Crippen molar-refractivity contribution in [3.63, 3.8) is 0 Å². The van der Waals surface area contributed by atoms with Crippen molar-refractivity contribution in [2.24, 2.45) is 4.99 Å². The van der Waals surface area contributed by atoms with Crippen LogP contribution in [0.2, 0.25) is 0 Å². The molecular formula is C18H14N2O6S. The summed E-state index contributed by atoms with van der Waals surface area (Å²) in [5, 5.41) is 37.9. The molecule has 138 valence electrons. The molecule has 0 aromatic heterocycles. The number of nitrogens with zero attached hydrogens (tertiary/aromatic N) is 2. The van der Waals surface area contributed by atoms with Crippen molar-refractivity contribution in [3.8, 4) is 17.2 Å². The molecule has 4 N–H and O–H groups in total. The Morgan fingerprint density at radius 1 is 1.11 bits per heavy atom. The van der Waals surface area contributed by atoms with Crippen molar-refractivity contribution in [2.75, 3.05) is 7.05 Å². The summed E-state index contributed by atoms with van der Waals surface area (Å²) >= 11 is 1.04. The van der Waals surface area contributed by atoms with Crippen molar-refractivity contribution in [1.29, 1.82) is 0 Å². The van der Waals surface area contributed by atoms with Crippen LogP contribution < -0.4 is 0 Å². The lowest BCUT2D eigenvalue weighted by atomic mass is 10.2. The summed E-state index contributed by atoms with van der Waals surface area (Å²) in [7, 11) is 1.50.